The van der Waals surface area contributed by atoms with E-state index < -0.39 is 6.67 Å². The minimum atomic E-state index is -0.535. The highest BCUT2D eigenvalue weighted by atomic mass is 19.1. The number of carbonyl (C=O) groups excluding carboxylic acids is 2. The molecule has 4 rings (SSSR count). The average Bonchev–Trinajstić information content (AvgIpc) is 3.55. The van der Waals surface area contributed by atoms with Gasteiger partial charge in [-0.3, -0.25) is 14.6 Å². The van der Waals surface area contributed by atoms with Crippen LogP contribution >= 0.6 is 0 Å². The zero-order valence-electron chi connectivity index (χ0n) is 17.2. The van der Waals surface area contributed by atoms with Gasteiger partial charge in [-0.15, -0.1) is 0 Å². The number of hydrogen-bond donors (Lipinski definition) is 4. The van der Waals surface area contributed by atoms with E-state index in [-0.39, 0.29) is 30.3 Å². The van der Waals surface area contributed by atoms with Gasteiger partial charge < -0.3 is 26.2 Å². The molecule has 4 N–H and O–H groups in total. The van der Waals surface area contributed by atoms with Crippen LogP contribution in [0.15, 0.2) is 40.1 Å². The molecule has 1 unspecified atom stereocenters. The zero-order chi connectivity index (χ0) is 21.8. The molecule has 31 heavy (non-hydrogen) atoms. The summed E-state index contributed by atoms with van der Waals surface area (Å²) in [4.78, 5) is 30.4. The predicted molar refractivity (Wildman–Crippen MR) is 112 cm³/mol. The Bertz CT molecular complexity index is 927. The number of allylic oxidation sites excluding steroid dienone is 2. The van der Waals surface area contributed by atoms with E-state index in [1.165, 1.54) is 0 Å². The van der Waals surface area contributed by atoms with Crippen molar-refractivity contribution in [2.45, 2.75) is 31.7 Å². The Kier molecular flexibility index (Phi) is 6.21. The van der Waals surface area contributed by atoms with Gasteiger partial charge in [0, 0.05) is 19.0 Å². The second-order valence-corrected chi connectivity index (χ2v) is 8.05. The number of halogens is 1. The number of nitriles is 1. The van der Waals surface area contributed by atoms with Crippen LogP contribution in [0.3, 0.4) is 0 Å². The molecule has 0 aromatic rings. The summed E-state index contributed by atoms with van der Waals surface area (Å²) in [5.74, 6) is 0.531. The van der Waals surface area contributed by atoms with Crippen molar-refractivity contribution in [2.75, 3.05) is 32.9 Å². The molecule has 1 saturated heterocycles. The van der Waals surface area contributed by atoms with Crippen LogP contribution in [0.5, 0.6) is 0 Å². The third-order valence-corrected chi connectivity index (χ3v) is 5.83. The van der Waals surface area contributed by atoms with Crippen molar-refractivity contribution in [3.05, 3.63) is 35.1 Å². The predicted octanol–water partition coefficient (Wildman–Crippen LogP) is 0.171. The lowest BCUT2D eigenvalue weighted by atomic mass is 10.0. The number of amides is 2. The second-order valence-electron chi connectivity index (χ2n) is 8.05. The highest BCUT2D eigenvalue weighted by Gasteiger charge is 2.31. The van der Waals surface area contributed by atoms with Gasteiger partial charge in [0.2, 0.25) is 11.8 Å². The Morgan fingerprint density at radius 2 is 2.13 bits per heavy atom. The second kappa shape index (κ2) is 9.20. The Morgan fingerprint density at radius 1 is 1.29 bits per heavy atom. The van der Waals surface area contributed by atoms with Crippen molar-refractivity contribution < 1.29 is 14.0 Å². The molecule has 1 atom stereocenters. The van der Waals surface area contributed by atoms with Crippen LogP contribution in [-0.2, 0) is 9.59 Å². The molecule has 1 saturated carbocycles. The number of carbonyl (C=O) groups is 2. The first-order valence-corrected chi connectivity index (χ1v) is 10.6. The maximum absolute atomic E-state index is 13.1. The fourth-order valence-electron chi connectivity index (χ4n) is 3.86. The molecule has 0 spiro atoms. The molecular formula is C21H26FN7O2. The van der Waals surface area contributed by atoms with E-state index in [0.29, 0.717) is 43.3 Å². The summed E-state index contributed by atoms with van der Waals surface area (Å²) in [5.41, 5.74) is 2.49. The third kappa shape index (κ3) is 4.87. The number of likely N-dealkylation sites (tertiary alicyclic amines) is 1. The molecule has 0 aromatic heterocycles. The van der Waals surface area contributed by atoms with E-state index >= 15 is 0 Å². The van der Waals surface area contributed by atoms with Gasteiger partial charge in [-0.05, 0) is 37.3 Å². The summed E-state index contributed by atoms with van der Waals surface area (Å²) < 4.78 is 13.1. The molecule has 10 heteroatoms. The number of nitrogens with one attached hydrogen (secondary N) is 4. The molecule has 2 fully saturated rings. The first kappa shape index (κ1) is 20.9. The molecular weight excluding hydrogens is 401 g/mol. The lowest BCUT2D eigenvalue weighted by Crippen LogP contribution is -2.43. The van der Waals surface area contributed by atoms with Gasteiger partial charge >= 0.3 is 0 Å². The Labute approximate surface area is 180 Å². The van der Waals surface area contributed by atoms with Gasteiger partial charge in [-0.1, -0.05) is 0 Å². The monoisotopic (exact) mass is 427 g/mol. The Balaban J connectivity index is 1.40. The first-order valence-electron chi connectivity index (χ1n) is 10.6. The molecule has 164 valence electrons. The van der Waals surface area contributed by atoms with Gasteiger partial charge in [0.05, 0.1) is 36.7 Å². The molecule has 0 aromatic carbocycles. The summed E-state index contributed by atoms with van der Waals surface area (Å²) in [5, 5.41) is 21.5. The van der Waals surface area contributed by atoms with Crippen LogP contribution in [0.25, 0.3) is 0 Å². The lowest BCUT2D eigenvalue weighted by Gasteiger charge is -2.25. The molecule has 3 heterocycles. The number of alkyl halides is 1. The summed E-state index contributed by atoms with van der Waals surface area (Å²) in [7, 11) is 0. The van der Waals surface area contributed by atoms with E-state index in [1.54, 1.807) is 17.2 Å². The molecule has 9 nitrogen and oxygen atoms in total. The minimum Gasteiger partial charge on any atom is -0.374 e. The molecule has 0 bridgehead atoms. The van der Waals surface area contributed by atoms with Crippen LogP contribution in [0, 0.1) is 17.2 Å². The van der Waals surface area contributed by atoms with Gasteiger partial charge in [0.15, 0.2) is 0 Å². The van der Waals surface area contributed by atoms with E-state index in [1.807, 2.05) is 0 Å². The van der Waals surface area contributed by atoms with Crippen molar-refractivity contribution in [2.24, 2.45) is 10.9 Å². The van der Waals surface area contributed by atoms with Crippen molar-refractivity contribution in [1.82, 2.24) is 26.2 Å². The maximum Gasteiger partial charge on any atom is 0.242 e. The quantitative estimate of drug-likeness (QED) is 0.460. The summed E-state index contributed by atoms with van der Waals surface area (Å²) in [6, 6.07) is 1.75. The maximum atomic E-state index is 13.1. The fourth-order valence-corrected chi connectivity index (χ4v) is 3.86. The number of dihydropyridines is 1. The normalized spacial score (nSPS) is 23.0. The summed E-state index contributed by atoms with van der Waals surface area (Å²) >= 11 is 0. The first-order chi connectivity index (χ1) is 15.1. The van der Waals surface area contributed by atoms with E-state index in [9.17, 15) is 19.2 Å². The summed E-state index contributed by atoms with van der Waals surface area (Å²) in [6.07, 6.45) is 6.76. The van der Waals surface area contributed by atoms with Gasteiger partial charge in [0.25, 0.3) is 0 Å². The standard InChI is InChI=1S/C21H26FN7O2/c22-7-15-2-1-5-29(15)20(30)12-26-16-6-14(9-24-17(16)8-23)18-10-27-19(11-25-18)28-21(31)13-3-4-13/h6,11,13,15,24,26-27H,1-5,7,9-10,12H2,(H,28,31). The van der Waals surface area contributed by atoms with Crippen molar-refractivity contribution in [3.63, 3.8) is 0 Å². The summed E-state index contributed by atoms with van der Waals surface area (Å²) in [6.45, 7) is 0.880. The third-order valence-electron chi connectivity index (χ3n) is 5.83. The van der Waals surface area contributed by atoms with Crippen molar-refractivity contribution in [3.8, 4) is 6.07 Å². The van der Waals surface area contributed by atoms with Crippen LogP contribution in [0.2, 0.25) is 0 Å². The molecule has 3 aliphatic heterocycles. The number of nitrogens with zero attached hydrogens (tertiary/aromatic N) is 3. The highest BCUT2D eigenvalue weighted by molar-refractivity contribution is 6.03. The number of rotatable bonds is 7. The van der Waals surface area contributed by atoms with E-state index in [0.717, 1.165) is 30.5 Å². The molecule has 2 amide bonds. The highest BCUT2D eigenvalue weighted by Crippen LogP contribution is 2.29. The van der Waals surface area contributed by atoms with Crippen LogP contribution < -0.4 is 21.3 Å². The van der Waals surface area contributed by atoms with Crippen LogP contribution in [0.4, 0.5) is 4.39 Å². The van der Waals surface area contributed by atoms with Crippen molar-refractivity contribution >= 4 is 17.5 Å². The lowest BCUT2D eigenvalue weighted by molar-refractivity contribution is -0.131. The average molecular weight is 427 g/mol. The van der Waals surface area contributed by atoms with Gasteiger partial charge in [-0.25, -0.2) is 4.39 Å². The topological polar surface area (TPSA) is 122 Å². The Hall–Kier alpha value is -3.35. The zero-order valence-corrected chi connectivity index (χ0v) is 17.2. The molecule has 4 aliphatic rings. The molecule has 1 aliphatic carbocycles. The largest absolute Gasteiger partial charge is 0.374 e. The fraction of sp³-hybridized carbons (Fsp3) is 0.524. The van der Waals surface area contributed by atoms with Crippen LogP contribution in [-0.4, -0.2) is 61.3 Å². The van der Waals surface area contributed by atoms with Gasteiger partial charge in [-0.2, -0.15) is 5.26 Å². The van der Waals surface area contributed by atoms with Crippen LogP contribution in [0.1, 0.15) is 25.7 Å². The smallest absolute Gasteiger partial charge is 0.242 e. The minimum absolute atomic E-state index is 0.00948. The van der Waals surface area contributed by atoms with E-state index in [4.69, 9.17) is 0 Å². The molecule has 0 radical (unpaired) electrons. The number of hydrogen-bond acceptors (Lipinski definition) is 7. The van der Waals surface area contributed by atoms with Gasteiger partial charge in [0.1, 0.15) is 24.3 Å². The SMILES string of the molecule is N#CC1=C(NCC(=O)N2CCCC2CF)C=C(C2=NC=C(NC(=O)C3CC3)NC2)CN1. The Morgan fingerprint density at radius 3 is 2.81 bits per heavy atom. The van der Waals surface area contributed by atoms with Crippen molar-refractivity contribution in [1.29, 1.82) is 5.26 Å². The van der Waals surface area contributed by atoms with E-state index in [2.05, 4.69) is 32.3 Å². The number of aliphatic imine (C=N–C) groups is 1.